The number of rotatable bonds is 5. The molecular formula is C19H22F2N2O4S. The van der Waals surface area contributed by atoms with E-state index in [0.29, 0.717) is 17.5 Å². The van der Waals surface area contributed by atoms with Gasteiger partial charge in [0.1, 0.15) is 17.2 Å². The second-order valence-electron chi connectivity index (χ2n) is 7.48. The lowest BCUT2D eigenvalue weighted by Crippen LogP contribution is -2.30. The summed E-state index contributed by atoms with van der Waals surface area (Å²) in [5.41, 5.74) is 0.286. The van der Waals surface area contributed by atoms with E-state index in [1.807, 2.05) is 20.8 Å². The zero-order chi connectivity index (χ0) is 21.3. The topological polar surface area (TPSA) is 85.4 Å². The summed E-state index contributed by atoms with van der Waals surface area (Å²) >= 11 is 0. The Balaban J connectivity index is 2.27. The number of nitrogens with one attached hydrogen (secondary N) is 1. The monoisotopic (exact) mass is 412 g/mol. The molecule has 0 aliphatic rings. The molecule has 1 amide bonds. The number of hydrogen-bond acceptors (Lipinski definition) is 5. The molecule has 0 unspecified atom stereocenters. The summed E-state index contributed by atoms with van der Waals surface area (Å²) in [6.07, 6.45) is 2.30. The number of carbonyl (C=O) groups excluding carboxylic acids is 1. The molecule has 1 aromatic carbocycles. The number of benzene rings is 1. The van der Waals surface area contributed by atoms with Gasteiger partial charge in [0.15, 0.2) is 0 Å². The Morgan fingerprint density at radius 1 is 1.18 bits per heavy atom. The van der Waals surface area contributed by atoms with Crippen LogP contribution < -0.4 is 9.46 Å². The number of amides is 1. The Labute approximate surface area is 163 Å². The maximum Gasteiger partial charge on any atom is 0.267 e. The van der Waals surface area contributed by atoms with E-state index >= 15 is 0 Å². The summed E-state index contributed by atoms with van der Waals surface area (Å²) in [5, 5.41) is 0. The van der Waals surface area contributed by atoms with Gasteiger partial charge in [-0.2, -0.15) is 0 Å². The third-order valence-corrected chi connectivity index (χ3v) is 4.10. The first-order valence-electron chi connectivity index (χ1n) is 8.40. The largest absolute Gasteiger partial charge is 0.472 e. The van der Waals surface area contributed by atoms with E-state index in [2.05, 4.69) is 4.98 Å². The van der Waals surface area contributed by atoms with Crippen LogP contribution in [0.2, 0.25) is 0 Å². The number of pyridine rings is 1. The van der Waals surface area contributed by atoms with Crippen LogP contribution in [-0.4, -0.2) is 31.2 Å². The van der Waals surface area contributed by atoms with Crippen molar-refractivity contribution in [3.05, 3.63) is 58.3 Å². The molecule has 0 aliphatic heterocycles. The van der Waals surface area contributed by atoms with E-state index in [0.717, 1.165) is 17.9 Å². The number of hydrogen-bond donors (Lipinski definition) is 1. The van der Waals surface area contributed by atoms with E-state index in [-0.39, 0.29) is 12.0 Å². The molecule has 1 aromatic heterocycles. The molecule has 6 nitrogen and oxygen atoms in total. The molecule has 0 fully saturated rings. The maximum absolute atomic E-state index is 14.4. The van der Waals surface area contributed by atoms with E-state index in [9.17, 15) is 22.0 Å². The van der Waals surface area contributed by atoms with Gasteiger partial charge in [-0.15, -0.1) is 0 Å². The molecule has 2 aromatic rings. The maximum atomic E-state index is 14.4. The van der Waals surface area contributed by atoms with Crippen LogP contribution in [0, 0.1) is 18.6 Å². The molecule has 152 valence electrons. The second-order valence-corrected chi connectivity index (χ2v) is 9.23. The van der Waals surface area contributed by atoms with E-state index < -0.39 is 38.7 Å². The van der Waals surface area contributed by atoms with Gasteiger partial charge >= 0.3 is 0 Å². The molecule has 9 heteroatoms. The third kappa shape index (κ3) is 5.98. The molecule has 0 bridgehead atoms. The van der Waals surface area contributed by atoms with Crippen molar-refractivity contribution in [1.82, 2.24) is 9.71 Å². The zero-order valence-corrected chi connectivity index (χ0v) is 17.1. The molecule has 0 atom stereocenters. The van der Waals surface area contributed by atoms with Crippen molar-refractivity contribution in [1.29, 1.82) is 0 Å². The Kier molecular flexibility index (Phi) is 6.08. The molecule has 2 rings (SSSR count). The highest BCUT2D eigenvalue weighted by Crippen LogP contribution is 2.23. The minimum Gasteiger partial charge on any atom is -0.472 e. The van der Waals surface area contributed by atoms with Gasteiger partial charge < -0.3 is 4.74 Å². The number of sulfonamides is 1. The minimum absolute atomic E-state index is 0.0131. The Morgan fingerprint density at radius 3 is 2.36 bits per heavy atom. The van der Waals surface area contributed by atoms with Crippen LogP contribution in [0.1, 0.15) is 47.8 Å². The van der Waals surface area contributed by atoms with Crippen LogP contribution in [-0.2, 0) is 16.4 Å². The molecule has 0 saturated heterocycles. The molecule has 1 N–H and O–H groups in total. The van der Waals surface area contributed by atoms with Crippen molar-refractivity contribution in [3.8, 4) is 5.88 Å². The smallest absolute Gasteiger partial charge is 0.267 e. The molecule has 0 saturated carbocycles. The Bertz CT molecular complexity index is 1020. The Hall–Kier alpha value is -2.55. The molecule has 0 spiro atoms. The average Bonchev–Trinajstić information content (AvgIpc) is 2.50. The van der Waals surface area contributed by atoms with Crippen LogP contribution in [0.15, 0.2) is 24.4 Å². The quantitative estimate of drug-likeness (QED) is 0.816. The van der Waals surface area contributed by atoms with Crippen molar-refractivity contribution >= 4 is 15.9 Å². The van der Waals surface area contributed by atoms with Gasteiger partial charge in [-0.3, -0.25) is 4.79 Å². The predicted molar refractivity (Wildman–Crippen MR) is 101 cm³/mol. The van der Waals surface area contributed by atoms with Gasteiger partial charge in [0, 0.05) is 18.2 Å². The number of halogens is 2. The molecule has 1 heterocycles. The van der Waals surface area contributed by atoms with Crippen molar-refractivity contribution in [2.75, 3.05) is 6.26 Å². The second kappa shape index (κ2) is 7.83. The highest BCUT2D eigenvalue weighted by molar-refractivity contribution is 7.89. The van der Waals surface area contributed by atoms with Crippen LogP contribution in [0.4, 0.5) is 8.78 Å². The fourth-order valence-electron chi connectivity index (χ4n) is 2.45. The molecule has 28 heavy (non-hydrogen) atoms. The van der Waals surface area contributed by atoms with Crippen LogP contribution >= 0.6 is 0 Å². The lowest BCUT2D eigenvalue weighted by atomic mass is 10.0. The number of aryl methyl sites for hydroxylation is 1. The molecule has 0 radical (unpaired) electrons. The first-order chi connectivity index (χ1) is 12.7. The van der Waals surface area contributed by atoms with Crippen molar-refractivity contribution in [3.63, 3.8) is 0 Å². The van der Waals surface area contributed by atoms with Crippen molar-refractivity contribution in [2.45, 2.75) is 39.7 Å². The van der Waals surface area contributed by atoms with Crippen molar-refractivity contribution in [2.24, 2.45) is 0 Å². The molecular weight excluding hydrogens is 390 g/mol. The Morgan fingerprint density at radius 2 is 1.82 bits per heavy atom. The number of carbonyl (C=O) groups is 1. The fourth-order valence-corrected chi connectivity index (χ4v) is 2.90. The van der Waals surface area contributed by atoms with Gasteiger partial charge in [-0.05, 0) is 57.0 Å². The first-order valence-corrected chi connectivity index (χ1v) is 10.3. The normalized spacial score (nSPS) is 12.0. The SMILES string of the molecule is Cc1cc(Cc2cc(F)c(C(=O)NS(C)(=O)=O)cc2F)cnc1OC(C)(C)C. The van der Waals surface area contributed by atoms with Gasteiger partial charge in [0.2, 0.25) is 15.9 Å². The summed E-state index contributed by atoms with van der Waals surface area (Å²) in [6, 6.07) is 3.32. The number of aromatic nitrogens is 1. The van der Waals surface area contributed by atoms with E-state index in [4.69, 9.17) is 4.74 Å². The van der Waals surface area contributed by atoms with Crippen molar-refractivity contribution < 1.29 is 26.7 Å². The van der Waals surface area contributed by atoms with E-state index in [1.54, 1.807) is 17.7 Å². The summed E-state index contributed by atoms with van der Waals surface area (Å²) < 4.78 is 58.1. The lowest BCUT2D eigenvalue weighted by Gasteiger charge is -2.21. The average molecular weight is 412 g/mol. The van der Waals surface area contributed by atoms with Gasteiger partial charge in [0.25, 0.3) is 5.91 Å². The first kappa shape index (κ1) is 21.7. The van der Waals surface area contributed by atoms with Gasteiger partial charge in [-0.25, -0.2) is 26.9 Å². The molecule has 0 aliphatic carbocycles. The van der Waals surface area contributed by atoms with Crippen LogP contribution in [0.25, 0.3) is 0 Å². The standard InChI is InChI=1S/C19H22F2N2O4S/c1-11-6-12(10-22-18(11)27-19(2,3)4)7-13-8-16(21)14(9-15(13)20)17(24)23-28(5,25)26/h6,8-10H,7H2,1-5H3,(H,23,24). The highest BCUT2D eigenvalue weighted by Gasteiger charge is 2.20. The van der Waals surface area contributed by atoms with Gasteiger partial charge in [-0.1, -0.05) is 0 Å². The highest BCUT2D eigenvalue weighted by atomic mass is 32.2. The zero-order valence-electron chi connectivity index (χ0n) is 16.3. The number of nitrogens with zero attached hydrogens (tertiary/aromatic N) is 1. The third-order valence-electron chi connectivity index (χ3n) is 3.54. The van der Waals surface area contributed by atoms with Crippen LogP contribution in [0.5, 0.6) is 5.88 Å². The lowest BCUT2D eigenvalue weighted by molar-refractivity contribution is 0.0977. The van der Waals surface area contributed by atoms with Crippen LogP contribution in [0.3, 0.4) is 0 Å². The van der Waals surface area contributed by atoms with Gasteiger partial charge in [0.05, 0.1) is 11.8 Å². The summed E-state index contributed by atoms with van der Waals surface area (Å²) in [6.45, 7) is 7.47. The predicted octanol–water partition coefficient (Wildman–Crippen LogP) is 3.13. The fraction of sp³-hybridized carbons (Fsp3) is 0.368. The summed E-state index contributed by atoms with van der Waals surface area (Å²) in [4.78, 5) is 16.0. The minimum atomic E-state index is -3.89. The summed E-state index contributed by atoms with van der Waals surface area (Å²) in [7, 11) is -3.89. The van der Waals surface area contributed by atoms with E-state index in [1.165, 1.54) is 6.20 Å². The number of ether oxygens (including phenoxy) is 1. The summed E-state index contributed by atoms with van der Waals surface area (Å²) in [5.74, 6) is -2.62.